The summed E-state index contributed by atoms with van der Waals surface area (Å²) >= 11 is 0. The molecular weight excluding hydrogens is 404 g/mol. The van der Waals surface area contributed by atoms with Gasteiger partial charge in [-0.15, -0.1) is 0 Å². The number of methoxy groups -OCH3 is 2. The zero-order valence-corrected chi connectivity index (χ0v) is 18.4. The molecule has 0 saturated carbocycles. The lowest BCUT2D eigenvalue weighted by atomic mass is 10.0. The molecule has 1 aliphatic rings. The minimum absolute atomic E-state index is 0.197. The van der Waals surface area contributed by atoms with Crippen LogP contribution in [-0.4, -0.2) is 26.0 Å². The summed E-state index contributed by atoms with van der Waals surface area (Å²) in [5.74, 6) is 0.314. The molecule has 32 heavy (non-hydrogen) atoms. The summed E-state index contributed by atoms with van der Waals surface area (Å²) in [7, 11) is 3.11. The lowest BCUT2D eigenvalue weighted by Gasteiger charge is -2.16. The van der Waals surface area contributed by atoms with Crippen LogP contribution in [0.1, 0.15) is 16.7 Å². The number of nitrogens with zero attached hydrogens (tertiary/aromatic N) is 1. The van der Waals surface area contributed by atoms with E-state index in [2.05, 4.69) is 5.32 Å². The average molecular weight is 428 g/mol. The van der Waals surface area contributed by atoms with Crippen molar-refractivity contribution in [2.75, 3.05) is 24.4 Å². The molecule has 1 heterocycles. The molecule has 0 aromatic heterocycles. The average Bonchev–Trinajstić information content (AvgIpc) is 3.04. The van der Waals surface area contributed by atoms with E-state index in [-0.39, 0.29) is 11.6 Å². The van der Waals surface area contributed by atoms with E-state index >= 15 is 0 Å². The molecule has 0 atom stereocenters. The number of imide groups is 1. The molecule has 2 amide bonds. The molecule has 0 fully saturated rings. The summed E-state index contributed by atoms with van der Waals surface area (Å²) in [6, 6.07) is 20.1. The van der Waals surface area contributed by atoms with Crippen LogP contribution in [0.4, 0.5) is 11.4 Å². The van der Waals surface area contributed by atoms with Crippen LogP contribution in [0.3, 0.4) is 0 Å². The first-order valence-corrected chi connectivity index (χ1v) is 10.2. The molecule has 1 N–H and O–H groups in total. The number of anilines is 2. The second-order valence-electron chi connectivity index (χ2n) is 7.59. The van der Waals surface area contributed by atoms with Gasteiger partial charge in [-0.1, -0.05) is 47.5 Å². The molecule has 6 nitrogen and oxygen atoms in total. The van der Waals surface area contributed by atoms with E-state index in [1.165, 1.54) is 12.0 Å². The van der Waals surface area contributed by atoms with E-state index in [4.69, 9.17) is 9.47 Å². The number of rotatable bonds is 6. The molecule has 0 unspecified atom stereocenters. The fourth-order valence-electron chi connectivity index (χ4n) is 3.60. The third kappa shape index (κ3) is 3.83. The van der Waals surface area contributed by atoms with Gasteiger partial charge in [-0.3, -0.25) is 9.59 Å². The molecule has 3 aromatic carbocycles. The molecule has 162 valence electrons. The van der Waals surface area contributed by atoms with E-state index in [1.54, 1.807) is 37.4 Å². The van der Waals surface area contributed by atoms with Gasteiger partial charge in [-0.2, -0.15) is 0 Å². The summed E-state index contributed by atoms with van der Waals surface area (Å²) in [6.45, 7) is 3.93. The van der Waals surface area contributed by atoms with Crippen LogP contribution >= 0.6 is 0 Å². The lowest BCUT2D eigenvalue weighted by Crippen LogP contribution is -2.32. The van der Waals surface area contributed by atoms with Crippen molar-refractivity contribution in [1.29, 1.82) is 0 Å². The number of aryl methyl sites for hydroxylation is 2. The van der Waals surface area contributed by atoms with Gasteiger partial charge in [0.1, 0.15) is 17.2 Å². The van der Waals surface area contributed by atoms with Gasteiger partial charge in [0.2, 0.25) is 0 Å². The van der Waals surface area contributed by atoms with Crippen molar-refractivity contribution in [3.8, 4) is 11.5 Å². The van der Waals surface area contributed by atoms with Crippen molar-refractivity contribution in [2.45, 2.75) is 13.8 Å². The highest BCUT2D eigenvalue weighted by Gasteiger charge is 2.40. The van der Waals surface area contributed by atoms with Crippen LogP contribution in [0, 0.1) is 13.8 Å². The van der Waals surface area contributed by atoms with Gasteiger partial charge in [0.05, 0.1) is 31.2 Å². The Bertz CT molecular complexity index is 1210. The van der Waals surface area contributed by atoms with Crippen LogP contribution in [-0.2, 0) is 9.59 Å². The summed E-state index contributed by atoms with van der Waals surface area (Å²) in [5.41, 5.74) is 4.36. The molecule has 0 saturated heterocycles. The van der Waals surface area contributed by atoms with Crippen molar-refractivity contribution < 1.29 is 19.1 Å². The predicted octanol–water partition coefficient (Wildman–Crippen LogP) is 4.72. The van der Waals surface area contributed by atoms with Crippen molar-refractivity contribution >= 4 is 28.8 Å². The van der Waals surface area contributed by atoms with Crippen molar-refractivity contribution in [3.05, 3.63) is 89.1 Å². The summed E-state index contributed by atoms with van der Waals surface area (Å²) in [6.07, 6.45) is 0. The highest BCUT2D eigenvalue weighted by Crippen LogP contribution is 2.36. The topological polar surface area (TPSA) is 67.9 Å². The molecule has 0 spiro atoms. The van der Waals surface area contributed by atoms with Crippen molar-refractivity contribution in [1.82, 2.24) is 0 Å². The second kappa shape index (κ2) is 8.59. The lowest BCUT2D eigenvalue weighted by molar-refractivity contribution is -0.120. The maximum atomic E-state index is 13.5. The number of hydrogen-bond donors (Lipinski definition) is 1. The SMILES string of the molecule is COc1ccc(NC2=C(c3ccc(C)cc3)C(=O)N(c3ccc(C)cc3)C2=O)c(OC)c1. The molecule has 0 radical (unpaired) electrons. The third-order valence-electron chi connectivity index (χ3n) is 5.38. The predicted molar refractivity (Wildman–Crippen MR) is 125 cm³/mol. The smallest absolute Gasteiger partial charge is 0.282 e. The summed E-state index contributed by atoms with van der Waals surface area (Å²) in [5, 5.41) is 3.15. The Kier molecular flexibility index (Phi) is 5.69. The zero-order chi connectivity index (χ0) is 22.8. The van der Waals surface area contributed by atoms with E-state index in [1.807, 2.05) is 50.2 Å². The largest absolute Gasteiger partial charge is 0.497 e. The minimum Gasteiger partial charge on any atom is -0.497 e. The standard InChI is InChI=1S/C26H24N2O4/c1-16-5-9-18(10-6-16)23-24(27-21-14-13-20(31-3)15-22(21)32-4)26(30)28(25(23)29)19-11-7-17(2)8-12-19/h5-15,27H,1-4H3. The van der Waals surface area contributed by atoms with Crippen LogP contribution in [0.2, 0.25) is 0 Å². The zero-order valence-electron chi connectivity index (χ0n) is 18.4. The molecule has 1 aliphatic heterocycles. The monoisotopic (exact) mass is 428 g/mol. The highest BCUT2D eigenvalue weighted by atomic mass is 16.5. The first-order valence-electron chi connectivity index (χ1n) is 10.2. The van der Waals surface area contributed by atoms with Crippen LogP contribution < -0.4 is 19.7 Å². The number of benzene rings is 3. The number of hydrogen-bond acceptors (Lipinski definition) is 5. The van der Waals surface area contributed by atoms with Crippen molar-refractivity contribution in [3.63, 3.8) is 0 Å². The number of carbonyl (C=O) groups excluding carboxylic acids is 2. The van der Waals surface area contributed by atoms with Gasteiger partial charge >= 0.3 is 0 Å². The molecule has 0 aliphatic carbocycles. The van der Waals surface area contributed by atoms with E-state index in [9.17, 15) is 9.59 Å². The number of carbonyl (C=O) groups is 2. The molecule has 4 rings (SSSR count). The first kappa shape index (κ1) is 21.2. The maximum Gasteiger partial charge on any atom is 0.282 e. The van der Waals surface area contributed by atoms with Gasteiger partial charge in [0, 0.05) is 6.07 Å². The Morgan fingerprint density at radius 3 is 1.97 bits per heavy atom. The van der Waals surface area contributed by atoms with Crippen LogP contribution in [0.25, 0.3) is 5.57 Å². The summed E-state index contributed by atoms with van der Waals surface area (Å²) in [4.78, 5) is 28.2. The quantitative estimate of drug-likeness (QED) is 0.576. The van der Waals surface area contributed by atoms with Gasteiger partial charge in [0.15, 0.2) is 0 Å². The molecule has 6 heteroatoms. The van der Waals surface area contributed by atoms with Gasteiger partial charge in [-0.05, 0) is 43.7 Å². The number of amides is 2. The fraction of sp³-hybridized carbons (Fsp3) is 0.154. The molecule has 3 aromatic rings. The van der Waals surface area contributed by atoms with Gasteiger partial charge in [0.25, 0.3) is 11.8 Å². The number of ether oxygens (including phenoxy) is 2. The van der Waals surface area contributed by atoms with Gasteiger partial charge in [-0.25, -0.2) is 4.90 Å². The Balaban J connectivity index is 1.82. The Hall–Kier alpha value is -4.06. The third-order valence-corrected chi connectivity index (χ3v) is 5.38. The number of nitrogens with one attached hydrogen (secondary N) is 1. The van der Waals surface area contributed by atoms with E-state index < -0.39 is 5.91 Å². The van der Waals surface area contributed by atoms with Crippen LogP contribution in [0.15, 0.2) is 72.4 Å². The summed E-state index contributed by atoms with van der Waals surface area (Å²) < 4.78 is 10.7. The van der Waals surface area contributed by atoms with Crippen LogP contribution in [0.5, 0.6) is 11.5 Å². The molecule has 0 bridgehead atoms. The minimum atomic E-state index is -0.424. The normalized spacial score (nSPS) is 13.6. The molecular formula is C26H24N2O4. The Labute approximate surface area is 187 Å². The Morgan fingerprint density at radius 1 is 0.750 bits per heavy atom. The maximum absolute atomic E-state index is 13.5. The Morgan fingerprint density at radius 2 is 1.38 bits per heavy atom. The second-order valence-corrected chi connectivity index (χ2v) is 7.59. The first-order chi connectivity index (χ1) is 15.4. The highest BCUT2D eigenvalue weighted by molar-refractivity contribution is 6.46. The van der Waals surface area contributed by atoms with E-state index in [0.29, 0.717) is 34.0 Å². The van der Waals surface area contributed by atoms with Crippen molar-refractivity contribution in [2.24, 2.45) is 0 Å². The van der Waals surface area contributed by atoms with E-state index in [0.717, 1.165) is 11.1 Å². The van der Waals surface area contributed by atoms with Gasteiger partial charge < -0.3 is 14.8 Å². The fourth-order valence-corrected chi connectivity index (χ4v) is 3.60.